The SMILES string of the molecule is CC[C@H](C)NC(=O)c1cn(CC)c2ccc(Cl)cc2c1=O. The molecule has 5 heteroatoms. The number of hydrogen-bond acceptors (Lipinski definition) is 2. The second kappa shape index (κ2) is 6.31. The zero-order chi connectivity index (χ0) is 15.6. The Labute approximate surface area is 128 Å². The molecule has 1 heterocycles. The number of fused-ring (bicyclic) bond motifs is 1. The normalized spacial score (nSPS) is 12.4. The van der Waals surface area contributed by atoms with E-state index >= 15 is 0 Å². The molecular weight excluding hydrogens is 288 g/mol. The molecule has 112 valence electrons. The predicted octanol–water partition coefficient (Wildman–Crippen LogP) is 3.20. The first kappa shape index (κ1) is 15.6. The summed E-state index contributed by atoms with van der Waals surface area (Å²) in [6.07, 6.45) is 2.43. The Kier molecular flexibility index (Phi) is 4.68. The van der Waals surface area contributed by atoms with Crippen LogP contribution in [-0.4, -0.2) is 16.5 Å². The zero-order valence-corrected chi connectivity index (χ0v) is 13.2. The van der Waals surface area contributed by atoms with E-state index in [1.54, 1.807) is 24.4 Å². The van der Waals surface area contributed by atoms with Crippen molar-refractivity contribution in [2.75, 3.05) is 0 Å². The third kappa shape index (κ3) is 3.10. The van der Waals surface area contributed by atoms with Crippen molar-refractivity contribution in [1.82, 2.24) is 9.88 Å². The zero-order valence-electron chi connectivity index (χ0n) is 12.4. The minimum atomic E-state index is -0.335. The average molecular weight is 307 g/mol. The number of carbonyl (C=O) groups excluding carboxylic acids is 1. The highest BCUT2D eigenvalue weighted by molar-refractivity contribution is 6.31. The molecule has 2 aromatic rings. The molecule has 0 aliphatic carbocycles. The highest BCUT2D eigenvalue weighted by atomic mass is 35.5. The van der Waals surface area contributed by atoms with E-state index < -0.39 is 0 Å². The van der Waals surface area contributed by atoms with Crippen molar-refractivity contribution in [3.63, 3.8) is 0 Å². The molecule has 0 bridgehead atoms. The average Bonchev–Trinajstić information content (AvgIpc) is 2.47. The van der Waals surface area contributed by atoms with Gasteiger partial charge in [-0.25, -0.2) is 0 Å². The molecule has 0 fully saturated rings. The van der Waals surface area contributed by atoms with Gasteiger partial charge in [-0.15, -0.1) is 0 Å². The Morgan fingerprint density at radius 2 is 2.10 bits per heavy atom. The van der Waals surface area contributed by atoms with Crippen molar-refractivity contribution in [1.29, 1.82) is 0 Å². The lowest BCUT2D eigenvalue weighted by Crippen LogP contribution is -2.35. The summed E-state index contributed by atoms with van der Waals surface area (Å²) in [5.74, 6) is -0.335. The quantitative estimate of drug-likeness (QED) is 0.943. The molecule has 1 amide bonds. The summed E-state index contributed by atoms with van der Waals surface area (Å²) in [4.78, 5) is 24.8. The Morgan fingerprint density at radius 1 is 1.38 bits per heavy atom. The molecule has 0 aliphatic heterocycles. The number of aromatic nitrogens is 1. The fourth-order valence-electron chi connectivity index (χ4n) is 2.20. The van der Waals surface area contributed by atoms with Crippen molar-refractivity contribution >= 4 is 28.4 Å². The van der Waals surface area contributed by atoms with Gasteiger partial charge in [0.05, 0.1) is 5.52 Å². The second-order valence-electron chi connectivity index (χ2n) is 5.10. The molecule has 1 aromatic heterocycles. The van der Waals surface area contributed by atoms with Crippen LogP contribution in [0, 0.1) is 0 Å². The minimum Gasteiger partial charge on any atom is -0.349 e. The molecule has 0 spiro atoms. The number of benzene rings is 1. The topological polar surface area (TPSA) is 51.1 Å². The molecule has 0 saturated heterocycles. The maximum atomic E-state index is 12.5. The van der Waals surface area contributed by atoms with Gasteiger partial charge in [-0.3, -0.25) is 9.59 Å². The van der Waals surface area contributed by atoms with Crippen molar-refractivity contribution in [3.8, 4) is 0 Å². The predicted molar refractivity (Wildman–Crippen MR) is 86.1 cm³/mol. The maximum Gasteiger partial charge on any atom is 0.256 e. The Morgan fingerprint density at radius 3 is 2.71 bits per heavy atom. The van der Waals surface area contributed by atoms with Crippen LogP contribution in [0.3, 0.4) is 0 Å². The van der Waals surface area contributed by atoms with E-state index in [1.807, 2.05) is 25.3 Å². The maximum absolute atomic E-state index is 12.5. The van der Waals surface area contributed by atoms with E-state index in [9.17, 15) is 9.59 Å². The lowest BCUT2D eigenvalue weighted by Gasteiger charge is -2.14. The number of carbonyl (C=O) groups is 1. The molecule has 4 nitrogen and oxygen atoms in total. The van der Waals surface area contributed by atoms with Crippen molar-refractivity contribution in [2.45, 2.75) is 39.8 Å². The van der Waals surface area contributed by atoms with Crippen LogP contribution < -0.4 is 10.7 Å². The number of hydrogen-bond donors (Lipinski definition) is 1. The Bertz CT molecular complexity index is 737. The van der Waals surface area contributed by atoms with Crippen LogP contribution in [-0.2, 0) is 6.54 Å². The molecule has 1 aromatic carbocycles. The molecule has 0 saturated carbocycles. The summed E-state index contributed by atoms with van der Waals surface area (Å²) >= 11 is 5.98. The van der Waals surface area contributed by atoms with Gasteiger partial charge in [0.25, 0.3) is 5.91 Å². The summed E-state index contributed by atoms with van der Waals surface area (Å²) in [5.41, 5.74) is 0.664. The third-order valence-corrected chi connectivity index (χ3v) is 3.85. The first-order valence-corrected chi connectivity index (χ1v) is 7.49. The summed E-state index contributed by atoms with van der Waals surface area (Å²) in [7, 11) is 0. The van der Waals surface area contributed by atoms with Gasteiger partial charge in [0.1, 0.15) is 5.56 Å². The lowest BCUT2D eigenvalue weighted by molar-refractivity contribution is 0.0937. The number of pyridine rings is 1. The monoisotopic (exact) mass is 306 g/mol. The van der Waals surface area contributed by atoms with Crippen LogP contribution in [0.15, 0.2) is 29.2 Å². The first-order valence-electron chi connectivity index (χ1n) is 7.11. The van der Waals surface area contributed by atoms with Crippen LogP contribution >= 0.6 is 11.6 Å². The lowest BCUT2D eigenvalue weighted by atomic mass is 10.1. The standard InChI is InChI=1S/C16H19ClN2O2/c1-4-10(3)18-16(21)13-9-19(5-2)14-7-6-11(17)8-12(14)15(13)20/h6-10H,4-5H2,1-3H3,(H,18,21)/t10-/m0/s1. The van der Waals surface area contributed by atoms with Gasteiger partial charge in [-0.1, -0.05) is 18.5 Å². The molecule has 1 N–H and O–H groups in total. The minimum absolute atomic E-state index is 0.0297. The van der Waals surface area contributed by atoms with Crippen molar-refractivity contribution < 1.29 is 4.79 Å². The largest absolute Gasteiger partial charge is 0.349 e. The van der Waals surface area contributed by atoms with Crippen LogP contribution in [0.2, 0.25) is 5.02 Å². The van der Waals surface area contributed by atoms with Gasteiger partial charge in [0.15, 0.2) is 0 Å². The van der Waals surface area contributed by atoms with Crippen LogP contribution in [0.5, 0.6) is 0 Å². The van der Waals surface area contributed by atoms with Crippen LogP contribution in [0.1, 0.15) is 37.6 Å². The van der Waals surface area contributed by atoms with Gasteiger partial charge in [0.2, 0.25) is 5.43 Å². The van der Waals surface area contributed by atoms with Gasteiger partial charge in [-0.2, -0.15) is 0 Å². The number of halogens is 1. The van der Waals surface area contributed by atoms with E-state index in [4.69, 9.17) is 11.6 Å². The van der Waals surface area contributed by atoms with E-state index in [-0.39, 0.29) is 22.9 Å². The molecule has 1 atom stereocenters. The number of nitrogens with one attached hydrogen (secondary N) is 1. The number of rotatable bonds is 4. The van der Waals surface area contributed by atoms with Gasteiger partial charge < -0.3 is 9.88 Å². The van der Waals surface area contributed by atoms with Gasteiger partial charge in [-0.05, 0) is 38.5 Å². The first-order chi connectivity index (χ1) is 9.97. The highest BCUT2D eigenvalue weighted by Crippen LogP contribution is 2.17. The van der Waals surface area contributed by atoms with Crippen molar-refractivity contribution in [2.24, 2.45) is 0 Å². The van der Waals surface area contributed by atoms with E-state index in [0.29, 0.717) is 17.0 Å². The van der Waals surface area contributed by atoms with Gasteiger partial charge >= 0.3 is 0 Å². The fraction of sp³-hybridized carbons (Fsp3) is 0.375. The molecular formula is C16H19ClN2O2. The van der Waals surface area contributed by atoms with E-state index in [0.717, 1.165) is 11.9 Å². The molecule has 21 heavy (non-hydrogen) atoms. The van der Waals surface area contributed by atoms with Gasteiger partial charge in [0, 0.05) is 29.2 Å². The molecule has 0 aliphatic rings. The molecule has 0 radical (unpaired) electrons. The number of aryl methyl sites for hydroxylation is 1. The number of amides is 1. The summed E-state index contributed by atoms with van der Waals surface area (Å²) in [6, 6.07) is 5.20. The third-order valence-electron chi connectivity index (χ3n) is 3.62. The smallest absolute Gasteiger partial charge is 0.256 e. The Hall–Kier alpha value is -1.81. The molecule has 0 unspecified atom stereocenters. The highest BCUT2D eigenvalue weighted by Gasteiger charge is 2.16. The summed E-state index contributed by atoms with van der Waals surface area (Å²) in [5, 5.41) is 3.79. The van der Waals surface area contributed by atoms with Crippen LogP contribution in [0.25, 0.3) is 10.9 Å². The van der Waals surface area contributed by atoms with Crippen molar-refractivity contribution in [3.05, 3.63) is 45.2 Å². The van der Waals surface area contributed by atoms with Crippen LogP contribution in [0.4, 0.5) is 0 Å². The summed E-state index contributed by atoms with van der Waals surface area (Å²) < 4.78 is 1.89. The molecule has 2 rings (SSSR count). The second-order valence-corrected chi connectivity index (χ2v) is 5.54. The summed E-state index contributed by atoms with van der Waals surface area (Å²) in [6.45, 7) is 6.53. The fourth-order valence-corrected chi connectivity index (χ4v) is 2.37. The van der Waals surface area contributed by atoms with E-state index in [2.05, 4.69) is 5.32 Å². The van der Waals surface area contributed by atoms with E-state index in [1.165, 1.54) is 0 Å². The number of nitrogens with zero attached hydrogens (tertiary/aromatic N) is 1. The Balaban J connectivity index is 2.62.